The zero-order valence-corrected chi connectivity index (χ0v) is 8.65. The molecule has 0 aromatic carbocycles. The zero-order chi connectivity index (χ0) is 9.68. The van der Waals surface area contributed by atoms with Gasteiger partial charge in [-0.1, -0.05) is 0 Å². The van der Waals surface area contributed by atoms with Crippen LogP contribution in [0.1, 0.15) is 16.7 Å². The normalized spacial score (nSPS) is 10.6. The molecule has 2 nitrogen and oxygen atoms in total. The molecule has 1 aromatic rings. The molecule has 1 aromatic heterocycles. The molecular weight excluding hydrogens is 182 g/mol. The molecule has 70 valence electrons. The monoisotopic (exact) mass is 195 g/mol. The summed E-state index contributed by atoms with van der Waals surface area (Å²) >= 11 is 1.68. The average molecular weight is 195 g/mol. The number of hydrogen-bond donors (Lipinski definition) is 1. The Morgan fingerprint density at radius 1 is 1.62 bits per heavy atom. The summed E-state index contributed by atoms with van der Waals surface area (Å²) in [4.78, 5) is 13.4. The maximum Gasteiger partial charge on any atom is 0.244 e. The smallest absolute Gasteiger partial charge is 0.244 e. The van der Waals surface area contributed by atoms with Crippen LogP contribution in [0.25, 0.3) is 6.08 Å². The van der Waals surface area contributed by atoms with Crippen molar-refractivity contribution in [1.82, 2.24) is 5.32 Å². The highest BCUT2D eigenvalue weighted by molar-refractivity contribution is 7.12. The molecular formula is C10H13NOS. The standard InChI is InChI=1S/C10H13NOS/c1-3-11-10(12)7-6-9-5-4-8(2)13-9/h4-7H,3H2,1-2H3,(H,11,12). The lowest BCUT2D eigenvalue weighted by molar-refractivity contribution is -0.116. The first kappa shape index (κ1) is 9.99. The van der Waals surface area contributed by atoms with Gasteiger partial charge in [0.05, 0.1) is 0 Å². The lowest BCUT2D eigenvalue weighted by Gasteiger charge is -1.92. The summed E-state index contributed by atoms with van der Waals surface area (Å²) in [5, 5.41) is 2.70. The minimum Gasteiger partial charge on any atom is -0.353 e. The summed E-state index contributed by atoms with van der Waals surface area (Å²) in [6, 6.07) is 4.05. The van der Waals surface area contributed by atoms with E-state index in [0.29, 0.717) is 6.54 Å². The van der Waals surface area contributed by atoms with E-state index in [0.717, 1.165) is 4.88 Å². The maximum atomic E-state index is 11.0. The highest BCUT2D eigenvalue weighted by Crippen LogP contribution is 2.15. The number of amides is 1. The minimum atomic E-state index is -0.0337. The van der Waals surface area contributed by atoms with Crippen molar-refractivity contribution in [3.05, 3.63) is 28.0 Å². The first-order chi connectivity index (χ1) is 6.22. The predicted octanol–water partition coefficient (Wildman–Crippen LogP) is 2.21. The molecule has 0 saturated heterocycles. The lowest BCUT2D eigenvalue weighted by atomic mass is 10.4. The van der Waals surface area contributed by atoms with Gasteiger partial charge in [0.25, 0.3) is 0 Å². The van der Waals surface area contributed by atoms with Crippen LogP contribution < -0.4 is 5.32 Å². The van der Waals surface area contributed by atoms with Gasteiger partial charge in [-0.15, -0.1) is 11.3 Å². The molecule has 3 heteroatoms. The third-order valence-corrected chi connectivity index (χ3v) is 2.48. The summed E-state index contributed by atoms with van der Waals surface area (Å²) in [5.74, 6) is -0.0337. The first-order valence-corrected chi connectivity index (χ1v) is 5.06. The summed E-state index contributed by atoms with van der Waals surface area (Å²) in [7, 11) is 0. The van der Waals surface area contributed by atoms with Crippen LogP contribution in [0.15, 0.2) is 18.2 Å². The predicted molar refractivity (Wildman–Crippen MR) is 56.8 cm³/mol. The summed E-state index contributed by atoms with van der Waals surface area (Å²) in [6.45, 7) is 4.63. The van der Waals surface area contributed by atoms with Gasteiger partial charge in [-0.2, -0.15) is 0 Å². The van der Waals surface area contributed by atoms with Crippen molar-refractivity contribution >= 4 is 23.3 Å². The molecule has 1 N–H and O–H groups in total. The number of thiophene rings is 1. The van der Waals surface area contributed by atoms with Gasteiger partial charge in [-0.05, 0) is 32.1 Å². The van der Waals surface area contributed by atoms with Gasteiger partial charge in [-0.3, -0.25) is 4.79 Å². The minimum absolute atomic E-state index is 0.0337. The second-order valence-corrected chi connectivity index (χ2v) is 4.00. The Hall–Kier alpha value is -1.09. The van der Waals surface area contributed by atoms with E-state index in [2.05, 4.69) is 5.32 Å². The third-order valence-electron chi connectivity index (χ3n) is 1.51. The van der Waals surface area contributed by atoms with Crippen molar-refractivity contribution in [1.29, 1.82) is 0 Å². The molecule has 1 rings (SSSR count). The number of carbonyl (C=O) groups excluding carboxylic acids is 1. The number of rotatable bonds is 3. The van der Waals surface area contributed by atoms with Crippen LogP contribution in [0, 0.1) is 6.92 Å². The average Bonchev–Trinajstić information content (AvgIpc) is 2.49. The molecule has 0 atom stereocenters. The molecule has 0 aliphatic rings. The molecule has 0 unspecified atom stereocenters. The molecule has 0 fully saturated rings. The molecule has 0 spiro atoms. The highest BCUT2D eigenvalue weighted by atomic mass is 32.1. The third kappa shape index (κ3) is 3.42. The van der Waals surface area contributed by atoms with Gasteiger partial charge < -0.3 is 5.32 Å². The van der Waals surface area contributed by atoms with Crippen LogP contribution in [0.4, 0.5) is 0 Å². The second kappa shape index (κ2) is 4.82. The van der Waals surface area contributed by atoms with Crippen LogP contribution in [0.3, 0.4) is 0 Å². The van der Waals surface area contributed by atoms with Crippen LogP contribution in [0.2, 0.25) is 0 Å². The molecule has 13 heavy (non-hydrogen) atoms. The second-order valence-electron chi connectivity index (χ2n) is 2.68. The Morgan fingerprint density at radius 3 is 2.92 bits per heavy atom. The summed E-state index contributed by atoms with van der Waals surface area (Å²) in [5.41, 5.74) is 0. The van der Waals surface area contributed by atoms with E-state index in [4.69, 9.17) is 0 Å². The van der Waals surface area contributed by atoms with E-state index in [9.17, 15) is 4.79 Å². The number of hydrogen-bond acceptors (Lipinski definition) is 2. The van der Waals surface area contributed by atoms with E-state index in [1.54, 1.807) is 17.4 Å². The van der Waals surface area contributed by atoms with Gasteiger partial charge in [0.2, 0.25) is 5.91 Å². The lowest BCUT2D eigenvalue weighted by Crippen LogP contribution is -2.19. The van der Waals surface area contributed by atoms with Crippen molar-refractivity contribution in [2.24, 2.45) is 0 Å². The van der Waals surface area contributed by atoms with Gasteiger partial charge >= 0.3 is 0 Å². The van der Waals surface area contributed by atoms with Gasteiger partial charge in [0.1, 0.15) is 0 Å². The van der Waals surface area contributed by atoms with E-state index < -0.39 is 0 Å². The largest absolute Gasteiger partial charge is 0.353 e. The fraction of sp³-hybridized carbons (Fsp3) is 0.300. The van der Waals surface area contributed by atoms with Gasteiger partial charge in [0, 0.05) is 22.4 Å². The molecule has 1 heterocycles. The van der Waals surface area contributed by atoms with Crippen LogP contribution in [-0.2, 0) is 4.79 Å². The number of carbonyl (C=O) groups is 1. The first-order valence-electron chi connectivity index (χ1n) is 4.24. The van der Waals surface area contributed by atoms with Crippen molar-refractivity contribution in [2.45, 2.75) is 13.8 Å². The van der Waals surface area contributed by atoms with Crippen molar-refractivity contribution in [3.8, 4) is 0 Å². The van der Waals surface area contributed by atoms with E-state index in [1.807, 2.05) is 32.1 Å². The molecule has 0 bridgehead atoms. The molecule has 0 aliphatic heterocycles. The van der Waals surface area contributed by atoms with Crippen LogP contribution >= 0.6 is 11.3 Å². The van der Waals surface area contributed by atoms with Crippen LogP contribution in [-0.4, -0.2) is 12.5 Å². The molecule has 1 amide bonds. The fourth-order valence-corrected chi connectivity index (χ4v) is 1.71. The molecule has 0 aliphatic carbocycles. The Morgan fingerprint density at radius 2 is 2.38 bits per heavy atom. The molecule has 0 saturated carbocycles. The summed E-state index contributed by atoms with van der Waals surface area (Å²) < 4.78 is 0. The number of nitrogens with one attached hydrogen (secondary N) is 1. The van der Waals surface area contributed by atoms with Crippen LogP contribution in [0.5, 0.6) is 0 Å². The maximum absolute atomic E-state index is 11.0. The number of likely N-dealkylation sites (N-methyl/N-ethyl adjacent to an activating group) is 1. The topological polar surface area (TPSA) is 29.1 Å². The van der Waals surface area contributed by atoms with Gasteiger partial charge in [0.15, 0.2) is 0 Å². The van der Waals surface area contributed by atoms with Crippen molar-refractivity contribution in [2.75, 3.05) is 6.54 Å². The number of aryl methyl sites for hydroxylation is 1. The molecule has 0 radical (unpaired) electrons. The Labute approximate surface area is 82.3 Å². The zero-order valence-electron chi connectivity index (χ0n) is 7.83. The van der Waals surface area contributed by atoms with E-state index in [1.165, 1.54) is 4.88 Å². The SMILES string of the molecule is CCNC(=O)C=Cc1ccc(C)s1. The van der Waals surface area contributed by atoms with E-state index >= 15 is 0 Å². The van der Waals surface area contributed by atoms with E-state index in [-0.39, 0.29) is 5.91 Å². The quantitative estimate of drug-likeness (QED) is 0.736. The summed E-state index contributed by atoms with van der Waals surface area (Å²) in [6.07, 6.45) is 3.40. The van der Waals surface area contributed by atoms with Crippen molar-refractivity contribution in [3.63, 3.8) is 0 Å². The van der Waals surface area contributed by atoms with Gasteiger partial charge in [-0.25, -0.2) is 0 Å². The van der Waals surface area contributed by atoms with Crippen molar-refractivity contribution < 1.29 is 4.79 Å². The Bertz CT molecular complexity index is 314. The Kier molecular flexibility index (Phi) is 3.71. The highest BCUT2D eigenvalue weighted by Gasteiger charge is 1.93. The fourth-order valence-electron chi connectivity index (χ4n) is 0.934. The Balaban J connectivity index is 2.53.